The molecule has 1 aromatic rings. The van der Waals surface area contributed by atoms with Crippen LogP contribution in [0, 0.1) is 17.8 Å². The van der Waals surface area contributed by atoms with Crippen molar-refractivity contribution >= 4 is 11.5 Å². The number of ether oxygens (including phenoxy) is 1. The van der Waals surface area contributed by atoms with E-state index in [0.717, 1.165) is 17.3 Å². The van der Waals surface area contributed by atoms with Gasteiger partial charge in [-0.3, -0.25) is 0 Å². The molecule has 0 amide bonds. The Morgan fingerprint density at radius 1 is 1.33 bits per heavy atom. The second kappa shape index (κ2) is 6.75. The summed E-state index contributed by atoms with van der Waals surface area (Å²) in [5.41, 5.74) is 0. The zero-order valence-electron chi connectivity index (χ0n) is 11.1. The van der Waals surface area contributed by atoms with Gasteiger partial charge in [0.1, 0.15) is 5.01 Å². The zero-order chi connectivity index (χ0) is 12.8. The average molecular weight is 264 g/mol. The monoisotopic (exact) mass is 264 g/mol. The maximum absolute atomic E-state index is 5.43. The summed E-state index contributed by atoms with van der Waals surface area (Å²) in [5.74, 6) is 7.20. The Bertz CT molecular complexity index is 432. The summed E-state index contributed by atoms with van der Waals surface area (Å²) in [6, 6.07) is 0.498. The van der Waals surface area contributed by atoms with Crippen molar-refractivity contribution in [3.63, 3.8) is 0 Å². The van der Waals surface area contributed by atoms with Crippen LogP contribution in [0.15, 0.2) is 0 Å². The zero-order valence-corrected chi connectivity index (χ0v) is 11.9. The van der Waals surface area contributed by atoms with Gasteiger partial charge >= 0.3 is 6.01 Å². The summed E-state index contributed by atoms with van der Waals surface area (Å²) in [5, 5.41) is 1.14. The Morgan fingerprint density at radius 3 is 2.94 bits per heavy atom. The summed E-state index contributed by atoms with van der Waals surface area (Å²) in [7, 11) is 0. The minimum absolute atomic E-state index is 0.393. The molecule has 1 saturated carbocycles. The lowest BCUT2D eigenvalue weighted by molar-refractivity contribution is 0.320. The predicted molar refractivity (Wildman–Crippen MR) is 73.8 cm³/mol. The average Bonchev–Trinajstić information content (AvgIpc) is 2.84. The lowest BCUT2D eigenvalue weighted by Crippen LogP contribution is -2.14. The van der Waals surface area contributed by atoms with Crippen molar-refractivity contribution in [1.29, 1.82) is 0 Å². The highest BCUT2D eigenvalue weighted by Gasteiger charge is 2.26. The van der Waals surface area contributed by atoms with Crippen molar-refractivity contribution < 1.29 is 4.74 Å². The Kier molecular flexibility index (Phi) is 5.00. The fourth-order valence-electron chi connectivity index (χ4n) is 2.39. The van der Waals surface area contributed by atoms with Gasteiger partial charge in [-0.2, -0.15) is 4.98 Å². The number of rotatable bonds is 3. The molecule has 0 spiro atoms. The van der Waals surface area contributed by atoms with Crippen LogP contribution >= 0.6 is 11.5 Å². The van der Waals surface area contributed by atoms with Gasteiger partial charge in [-0.25, -0.2) is 0 Å². The fraction of sp³-hybridized carbons (Fsp3) is 0.714. The molecule has 0 radical (unpaired) electrons. The van der Waals surface area contributed by atoms with Gasteiger partial charge in [0, 0.05) is 12.3 Å². The van der Waals surface area contributed by atoms with Crippen LogP contribution in [0.4, 0.5) is 0 Å². The minimum atomic E-state index is 0.393. The molecule has 3 nitrogen and oxygen atoms in total. The van der Waals surface area contributed by atoms with E-state index in [2.05, 4.69) is 28.1 Å². The normalized spacial score (nSPS) is 23.2. The van der Waals surface area contributed by atoms with Crippen molar-refractivity contribution in [2.75, 3.05) is 6.61 Å². The molecule has 2 unspecified atom stereocenters. The number of hydrogen-bond donors (Lipinski definition) is 0. The van der Waals surface area contributed by atoms with Gasteiger partial charge in [-0.05, 0) is 23.9 Å². The molecule has 1 heterocycles. The number of nitrogens with zero attached hydrogens (tertiary/aromatic N) is 2. The van der Waals surface area contributed by atoms with Crippen LogP contribution in [0.2, 0.25) is 0 Å². The van der Waals surface area contributed by atoms with Crippen LogP contribution < -0.4 is 4.74 Å². The first-order valence-corrected chi connectivity index (χ1v) is 7.50. The van der Waals surface area contributed by atoms with Gasteiger partial charge < -0.3 is 4.74 Å². The highest BCUT2D eigenvalue weighted by molar-refractivity contribution is 7.05. The van der Waals surface area contributed by atoms with Crippen molar-refractivity contribution in [2.24, 2.45) is 5.92 Å². The maximum atomic E-state index is 5.43. The van der Waals surface area contributed by atoms with E-state index in [9.17, 15) is 0 Å². The van der Waals surface area contributed by atoms with Crippen molar-refractivity contribution in [2.45, 2.75) is 51.9 Å². The van der Waals surface area contributed by atoms with E-state index in [0.29, 0.717) is 18.5 Å². The quantitative estimate of drug-likeness (QED) is 0.782. The molecule has 4 heteroatoms. The number of aromatic nitrogens is 2. The summed E-state index contributed by atoms with van der Waals surface area (Å²) >= 11 is 1.49. The predicted octanol–water partition coefficient (Wildman–Crippen LogP) is 3.62. The molecule has 98 valence electrons. The van der Waals surface area contributed by atoms with Gasteiger partial charge in [0.25, 0.3) is 0 Å². The summed E-state index contributed by atoms with van der Waals surface area (Å²) in [6.45, 7) is 4.74. The molecule has 0 saturated heterocycles. The Morgan fingerprint density at radius 2 is 2.17 bits per heavy atom. The van der Waals surface area contributed by atoms with Crippen molar-refractivity contribution in [3.8, 4) is 17.9 Å². The Balaban J connectivity index is 1.92. The first kappa shape index (κ1) is 13.4. The standard InChI is InChI=1S/C14H20N2OS/c1-3-4-7-10-17-14-15-13(18-16-14)12-9-6-5-8-11(12)2/h11-12H,3,5-6,8-10H2,1-2H3. The van der Waals surface area contributed by atoms with Crippen LogP contribution in [0.5, 0.6) is 6.01 Å². The fourth-order valence-corrected chi connectivity index (χ4v) is 3.26. The molecule has 18 heavy (non-hydrogen) atoms. The van der Waals surface area contributed by atoms with E-state index in [-0.39, 0.29) is 0 Å². The summed E-state index contributed by atoms with van der Waals surface area (Å²) < 4.78 is 9.69. The van der Waals surface area contributed by atoms with Crippen LogP contribution in [0.25, 0.3) is 0 Å². The third-order valence-electron chi connectivity index (χ3n) is 3.43. The van der Waals surface area contributed by atoms with E-state index in [1.54, 1.807) is 0 Å². The summed E-state index contributed by atoms with van der Waals surface area (Å²) in [4.78, 5) is 4.50. The SMILES string of the molecule is CCC#CCOc1nsc(C2CCCCC2C)n1. The van der Waals surface area contributed by atoms with Crippen LogP contribution in [0.1, 0.15) is 56.9 Å². The van der Waals surface area contributed by atoms with Crippen molar-refractivity contribution in [1.82, 2.24) is 9.36 Å². The molecule has 0 N–H and O–H groups in total. The molecule has 1 aliphatic carbocycles. The Labute approximate surface area is 113 Å². The smallest absolute Gasteiger partial charge is 0.329 e. The van der Waals surface area contributed by atoms with E-state index in [4.69, 9.17) is 4.74 Å². The third kappa shape index (κ3) is 3.46. The Hall–Kier alpha value is -1.08. The van der Waals surface area contributed by atoms with Gasteiger partial charge in [-0.1, -0.05) is 39.0 Å². The molecule has 1 fully saturated rings. The molecular formula is C14H20N2OS. The highest BCUT2D eigenvalue weighted by Crippen LogP contribution is 2.38. The second-order valence-electron chi connectivity index (χ2n) is 4.78. The maximum Gasteiger partial charge on any atom is 0.329 e. The third-order valence-corrected chi connectivity index (χ3v) is 4.26. The van der Waals surface area contributed by atoms with Gasteiger partial charge in [-0.15, -0.1) is 10.3 Å². The molecule has 2 rings (SSSR count). The minimum Gasteiger partial charge on any atom is -0.450 e. The molecule has 0 aromatic carbocycles. The molecule has 0 aliphatic heterocycles. The van der Waals surface area contributed by atoms with E-state index < -0.39 is 0 Å². The van der Waals surface area contributed by atoms with E-state index in [1.165, 1.54) is 37.2 Å². The van der Waals surface area contributed by atoms with E-state index in [1.807, 2.05) is 6.92 Å². The molecule has 1 aliphatic rings. The molecular weight excluding hydrogens is 244 g/mol. The second-order valence-corrected chi connectivity index (χ2v) is 5.56. The lowest BCUT2D eigenvalue weighted by atomic mass is 9.81. The highest BCUT2D eigenvalue weighted by atomic mass is 32.1. The van der Waals surface area contributed by atoms with Gasteiger partial charge in [0.15, 0.2) is 6.61 Å². The first-order chi connectivity index (χ1) is 8.81. The lowest BCUT2D eigenvalue weighted by Gasteiger charge is -2.26. The van der Waals surface area contributed by atoms with Crippen LogP contribution in [-0.2, 0) is 0 Å². The van der Waals surface area contributed by atoms with Gasteiger partial charge in [0.2, 0.25) is 0 Å². The van der Waals surface area contributed by atoms with Gasteiger partial charge in [0.05, 0.1) is 0 Å². The topological polar surface area (TPSA) is 35.0 Å². The first-order valence-electron chi connectivity index (χ1n) is 6.73. The molecule has 0 bridgehead atoms. The summed E-state index contributed by atoms with van der Waals surface area (Å²) in [6.07, 6.45) is 6.08. The molecule has 2 atom stereocenters. The van der Waals surface area contributed by atoms with Crippen molar-refractivity contribution in [3.05, 3.63) is 5.01 Å². The largest absolute Gasteiger partial charge is 0.450 e. The number of hydrogen-bond acceptors (Lipinski definition) is 4. The van der Waals surface area contributed by atoms with E-state index >= 15 is 0 Å². The molecule has 1 aromatic heterocycles. The van der Waals surface area contributed by atoms with Crippen LogP contribution in [0.3, 0.4) is 0 Å². The van der Waals surface area contributed by atoms with Crippen LogP contribution in [-0.4, -0.2) is 16.0 Å².